The SMILES string of the molecule is CCCCCCCC(=O)O.C[CH2][Na]. The Morgan fingerprint density at radius 3 is 2.00 bits per heavy atom. The number of hydrogen-bond donors (Lipinski definition) is 1. The van der Waals surface area contributed by atoms with Crippen molar-refractivity contribution in [2.24, 2.45) is 0 Å². The molecule has 0 bridgehead atoms. The van der Waals surface area contributed by atoms with Crippen LogP contribution in [0.5, 0.6) is 0 Å². The molecule has 74 valence electrons. The van der Waals surface area contributed by atoms with Crippen LogP contribution in [0.2, 0.25) is 3.67 Å². The van der Waals surface area contributed by atoms with Gasteiger partial charge in [-0.25, -0.2) is 0 Å². The summed E-state index contributed by atoms with van der Waals surface area (Å²) < 4.78 is 1.39. The molecule has 0 amide bonds. The van der Waals surface area contributed by atoms with Gasteiger partial charge in [0.1, 0.15) is 0 Å². The molecule has 0 fully saturated rings. The van der Waals surface area contributed by atoms with E-state index < -0.39 is 5.97 Å². The standard InChI is InChI=1S/C8H16O2.C2H5.Na/c1-2-3-4-5-6-7-8(9)10;1-2;/h2-7H2,1H3,(H,9,10);1H2,2H3;. The van der Waals surface area contributed by atoms with Crippen molar-refractivity contribution < 1.29 is 9.90 Å². The van der Waals surface area contributed by atoms with Gasteiger partial charge in [0.05, 0.1) is 0 Å². The Hall–Kier alpha value is 0.470. The molecule has 0 rings (SSSR count). The molecule has 0 aromatic rings. The van der Waals surface area contributed by atoms with Crippen molar-refractivity contribution in [3.8, 4) is 0 Å². The fourth-order valence-electron chi connectivity index (χ4n) is 0.880. The number of rotatable bonds is 6. The first kappa shape index (κ1) is 15.9. The van der Waals surface area contributed by atoms with Gasteiger partial charge in [0.2, 0.25) is 0 Å². The van der Waals surface area contributed by atoms with Crippen molar-refractivity contribution in [3.05, 3.63) is 0 Å². The molecule has 2 nitrogen and oxygen atoms in total. The van der Waals surface area contributed by atoms with Gasteiger partial charge in [-0.3, -0.25) is 4.79 Å². The summed E-state index contributed by atoms with van der Waals surface area (Å²) in [5.74, 6) is -0.670. The molecule has 0 radical (unpaired) electrons. The first-order valence-corrected chi connectivity index (χ1v) is 6.82. The van der Waals surface area contributed by atoms with Gasteiger partial charge in [0.15, 0.2) is 0 Å². The van der Waals surface area contributed by atoms with Crippen molar-refractivity contribution in [2.75, 3.05) is 0 Å². The zero-order valence-electron chi connectivity index (χ0n) is 9.31. The van der Waals surface area contributed by atoms with Crippen LogP contribution in [0.25, 0.3) is 0 Å². The van der Waals surface area contributed by atoms with Crippen LogP contribution in [0.15, 0.2) is 0 Å². The second-order valence-corrected chi connectivity index (χ2v) is 4.68. The summed E-state index contributed by atoms with van der Waals surface area (Å²) in [5.41, 5.74) is 0. The molecule has 0 aromatic carbocycles. The predicted molar refractivity (Wildman–Crippen MR) is 57.2 cm³/mol. The zero-order valence-corrected chi connectivity index (χ0v) is 11.3. The fourth-order valence-corrected chi connectivity index (χ4v) is 0.880. The van der Waals surface area contributed by atoms with Crippen LogP contribution in [0.3, 0.4) is 0 Å². The van der Waals surface area contributed by atoms with Gasteiger partial charge < -0.3 is 5.11 Å². The quantitative estimate of drug-likeness (QED) is 0.523. The molecule has 0 saturated carbocycles. The molecular weight excluding hydrogens is 175 g/mol. The molecule has 0 spiro atoms. The summed E-state index contributed by atoms with van der Waals surface area (Å²) >= 11 is 1.37. The molecule has 0 aromatic heterocycles. The summed E-state index contributed by atoms with van der Waals surface area (Å²) in [7, 11) is 0. The van der Waals surface area contributed by atoms with Crippen LogP contribution < -0.4 is 0 Å². The van der Waals surface area contributed by atoms with Gasteiger partial charge in [-0.2, -0.15) is 0 Å². The average Bonchev–Trinajstić information content (AvgIpc) is 2.05. The van der Waals surface area contributed by atoms with Gasteiger partial charge in [0, 0.05) is 6.42 Å². The van der Waals surface area contributed by atoms with E-state index in [4.69, 9.17) is 5.11 Å². The first-order chi connectivity index (χ1) is 6.18. The Balaban J connectivity index is 0. The number of hydrogen-bond acceptors (Lipinski definition) is 1. The van der Waals surface area contributed by atoms with Gasteiger partial charge >= 0.3 is 44.5 Å². The van der Waals surface area contributed by atoms with Crippen molar-refractivity contribution in [2.45, 2.75) is 56.0 Å². The molecular formula is C10H21NaO2. The fraction of sp³-hybridized carbons (Fsp3) is 0.900. The molecule has 3 heteroatoms. The maximum atomic E-state index is 10.0. The summed E-state index contributed by atoms with van der Waals surface area (Å²) in [5, 5.41) is 8.27. The molecule has 0 aliphatic heterocycles. The van der Waals surface area contributed by atoms with Crippen molar-refractivity contribution in [3.63, 3.8) is 0 Å². The Morgan fingerprint density at radius 2 is 1.62 bits per heavy atom. The van der Waals surface area contributed by atoms with Crippen LogP contribution >= 0.6 is 0 Å². The van der Waals surface area contributed by atoms with E-state index in [0.29, 0.717) is 6.42 Å². The third-order valence-electron chi connectivity index (χ3n) is 1.49. The molecule has 1 N–H and O–H groups in total. The second-order valence-electron chi connectivity index (χ2n) is 3.27. The van der Waals surface area contributed by atoms with Crippen LogP contribution in [0, 0.1) is 0 Å². The van der Waals surface area contributed by atoms with E-state index in [2.05, 4.69) is 13.8 Å². The zero-order chi connectivity index (χ0) is 10.5. The normalized spacial score (nSPS) is 8.92. The molecule has 0 atom stereocenters. The van der Waals surface area contributed by atoms with Crippen molar-refractivity contribution in [1.29, 1.82) is 0 Å². The van der Waals surface area contributed by atoms with E-state index in [0.717, 1.165) is 12.8 Å². The van der Waals surface area contributed by atoms with Crippen molar-refractivity contribution in [1.82, 2.24) is 0 Å². The number of carboxylic acids is 1. The number of unbranched alkanes of at least 4 members (excludes halogenated alkanes) is 4. The molecule has 0 aliphatic carbocycles. The maximum absolute atomic E-state index is 10.0. The molecule has 0 heterocycles. The van der Waals surface area contributed by atoms with Crippen LogP contribution in [-0.4, -0.2) is 39.0 Å². The van der Waals surface area contributed by atoms with E-state index in [-0.39, 0.29) is 0 Å². The summed E-state index contributed by atoms with van der Waals surface area (Å²) in [6, 6.07) is 0. The number of carbonyl (C=O) groups is 1. The Kier molecular flexibility index (Phi) is 18.3. The number of aliphatic carboxylic acids is 1. The van der Waals surface area contributed by atoms with Crippen molar-refractivity contribution >= 4 is 33.9 Å². The summed E-state index contributed by atoms with van der Waals surface area (Å²) in [4.78, 5) is 10.0. The van der Waals surface area contributed by atoms with Gasteiger partial charge in [-0.15, -0.1) is 0 Å². The average molecular weight is 196 g/mol. The Labute approximate surface area is 99.5 Å². The van der Waals surface area contributed by atoms with E-state index in [1.165, 1.54) is 50.9 Å². The molecule has 0 saturated heterocycles. The van der Waals surface area contributed by atoms with E-state index >= 15 is 0 Å². The van der Waals surface area contributed by atoms with E-state index in [1.54, 1.807) is 0 Å². The van der Waals surface area contributed by atoms with Gasteiger partial charge in [0.25, 0.3) is 0 Å². The first-order valence-electron chi connectivity index (χ1n) is 5.40. The topological polar surface area (TPSA) is 37.3 Å². The minimum absolute atomic E-state index is 0.337. The molecule has 0 unspecified atom stereocenters. The Morgan fingerprint density at radius 1 is 1.15 bits per heavy atom. The predicted octanol–water partition coefficient (Wildman–Crippen LogP) is 3.02. The van der Waals surface area contributed by atoms with E-state index in [1.807, 2.05) is 0 Å². The number of carboxylic acid groups (broad SMARTS) is 1. The second kappa shape index (κ2) is 15.0. The summed E-state index contributed by atoms with van der Waals surface area (Å²) in [6.45, 7) is 4.34. The Bertz CT molecular complexity index is 105. The van der Waals surface area contributed by atoms with Crippen LogP contribution in [0.4, 0.5) is 0 Å². The summed E-state index contributed by atoms with van der Waals surface area (Å²) in [6.07, 6.45) is 5.88. The monoisotopic (exact) mass is 196 g/mol. The van der Waals surface area contributed by atoms with Crippen LogP contribution in [0.1, 0.15) is 52.4 Å². The molecule has 0 aliphatic rings. The third-order valence-corrected chi connectivity index (χ3v) is 1.49. The molecule has 13 heavy (non-hydrogen) atoms. The van der Waals surface area contributed by atoms with E-state index in [9.17, 15) is 4.79 Å². The minimum atomic E-state index is -0.670. The third kappa shape index (κ3) is 24.5. The van der Waals surface area contributed by atoms with Gasteiger partial charge in [-0.1, -0.05) is 32.6 Å². The van der Waals surface area contributed by atoms with Gasteiger partial charge in [-0.05, 0) is 6.42 Å². The van der Waals surface area contributed by atoms with Crippen LogP contribution in [-0.2, 0) is 4.79 Å².